The average molecular weight is 358 g/mol. The maximum absolute atomic E-state index is 14.1. The topological polar surface area (TPSA) is 102 Å². The Labute approximate surface area is 150 Å². The maximum Gasteiger partial charge on any atom is 0.325 e. The minimum atomic E-state index is -1.59. The van der Waals surface area contributed by atoms with Crippen molar-refractivity contribution in [1.29, 1.82) is 5.26 Å². The van der Waals surface area contributed by atoms with Crippen LogP contribution < -0.4 is 10.6 Å². The predicted octanol–water partition coefficient (Wildman–Crippen LogP) is 1.40. The highest BCUT2D eigenvalue weighted by atomic mass is 19.1. The quantitative estimate of drug-likeness (QED) is 0.777. The number of nitrogens with one attached hydrogen (secondary N) is 2. The Hall–Kier alpha value is -2.95. The molecule has 7 nitrogen and oxygen atoms in total. The first kappa shape index (κ1) is 17.9. The Morgan fingerprint density at radius 2 is 2.12 bits per heavy atom. The molecule has 8 heteroatoms. The van der Waals surface area contributed by atoms with Gasteiger partial charge in [0.25, 0.3) is 5.91 Å². The highest BCUT2D eigenvalue weighted by molar-refractivity contribution is 6.09. The van der Waals surface area contributed by atoms with E-state index in [0.717, 1.165) is 17.7 Å². The second-order valence-electron chi connectivity index (χ2n) is 7.06. The lowest BCUT2D eigenvalue weighted by Crippen LogP contribution is -2.51. The zero-order chi connectivity index (χ0) is 19.1. The molecule has 1 heterocycles. The Morgan fingerprint density at radius 3 is 2.69 bits per heavy atom. The minimum absolute atomic E-state index is 0.0288. The Balaban J connectivity index is 1.76. The number of hydrogen-bond donors (Lipinski definition) is 2. The van der Waals surface area contributed by atoms with Gasteiger partial charge in [-0.05, 0) is 38.7 Å². The van der Waals surface area contributed by atoms with Gasteiger partial charge in [-0.15, -0.1) is 0 Å². The second kappa shape index (κ2) is 6.09. The van der Waals surface area contributed by atoms with E-state index in [4.69, 9.17) is 0 Å². The van der Waals surface area contributed by atoms with Crippen LogP contribution in [0.25, 0.3) is 0 Å². The van der Waals surface area contributed by atoms with E-state index in [1.54, 1.807) is 13.0 Å². The van der Waals surface area contributed by atoms with E-state index < -0.39 is 41.3 Å². The number of halogens is 1. The third-order valence-corrected chi connectivity index (χ3v) is 5.01. The van der Waals surface area contributed by atoms with E-state index in [1.807, 2.05) is 0 Å². The molecular weight excluding hydrogens is 339 g/mol. The molecule has 0 bridgehead atoms. The fourth-order valence-corrected chi connectivity index (χ4v) is 3.24. The van der Waals surface area contributed by atoms with E-state index in [-0.39, 0.29) is 11.5 Å². The normalized spacial score (nSPS) is 24.6. The summed E-state index contributed by atoms with van der Waals surface area (Å²) in [7, 11) is 0. The van der Waals surface area contributed by atoms with Gasteiger partial charge in [0, 0.05) is 5.56 Å². The van der Waals surface area contributed by atoms with Gasteiger partial charge in [-0.2, -0.15) is 5.26 Å². The van der Waals surface area contributed by atoms with Gasteiger partial charge in [0.05, 0.1) is 6.07 Å². The van der Waals surface area contributed by atoms with Crippen molar-refractivity contribution in [2.24, 2.45) is 5.92 Å². The summed E-state index contributed by atoms with van der Waals surface area (Å²) < 4.78 is 14.1. The molecule has 1 saturated carbocycles. The van der Waals surface area contributed by atoms with Crippen LogP contribution in [0.2, 0.25) is 0 Å². The number of urea groups is 1. The number of benzene rings is 1. The number of nitrogens with zero attached hydrogens (tertiary/aromatic N) is 2. The third-order valence-electron chi connectivity index (χ3n) is 5.01. The fourth-order valence-electron chi connectivity index (χ4n) is 3.24. The Bertz CT molecular complexity index is 832. The van der Waals surface area contributed by atoms with Crippen molar-refractivity contribution in [2.45, 2.75) is 37.8 Å². The van der Waals surface area contributed by atoms with Crippen LogP contribution in [-0.4, -0.2) is 34.8 Å². The molecule has 1 saturated heterocycles. The van der Waals surface area contributed by atoms with Gasteiger partial charge in [0.15, 0.2) is 0 Å². The van der Waals surface area contributed by atoms with Crippen LogP contribution in [0.15, 0.2) is 24.3 Å². The van der Waals surface area contributed by atoms with Crippen LogP contribution in [0.4, 0.5) is 9.18 Å². The summed E-state index contributed by atoms with van der Waals surface area (Å²) in [5, 5.41) is 14.4. The standard InChI is InChI=1S/C18H19FN4O3/c1-17(10-20,11-7-8-11)21-14(24)9-23-15(25)18(2,22-16(23)26)12-5-3-4-6-13(12)19/h3-6,11H,7-9H2,1-2H3,(H,21,24)(H,22,26)/t17-,18-/m0/s1. The van der Waals surface area contributed by atoms with Gasteiger partial charge in [-0.1, -0.05) is 18.2 Å². The number of imide groups is 1. The molecule has 3 rings (SSSR count). The van der Waals surface area contributed by atoms with E-state index in [0.29, 0.717) is 0 Å². The lowest BCUT2D eigenvalue weighted by molar-refractivity contribution is -0.135. The number of nitriles is 1. The molecule has 0 unspecified atom stereocenters. The van der Waals surface area contributed by atoms with E-state index in [2.05, 4.69) is 16.7 Å². The van der Waals surface area contributed by atoms with Crippen LogP contribution in [0.3, 0.4) is 0 Å². The molecule has 26 heavy (non-hydrogen) atoms. The summed E-state index contributed by atoms with van der Waals surface area (Å²) in [6.45, 7) is 2.49. The van der Waals surface area contributed by atoms with E-state index >= 15 is 0 Å². The summed E-state index contributed by atoms with van der Waals surface area (Å²) in [5.74, 6) is -1.88. The van der Waals surface area contributed by atoms with E-state index in [1.165, 1.54) is 25.1 Å². The summed E-state index contributed by atoms with van der Waals surface area (Å²) in [5.41, 5.74) is -2.58. The highest BCUT2D eigenvalue weighted by Gasteiger charge is 2.51. The Kier molecular flexibility index (Phi) is 4.18. The van der Waals surface area contributed by atoms with Gasteiger partial charge < -0.3 is 10.6 Å². The van der Waals surface area contributed by atoms with Crippen molar-refractivity contribution < 1.29 is 18.8 Å². The third kappa shape index (κ3) is 2.90. The monoisotopic (exact) mass is 358 g/mol. The summed E-state index contributed by atoms with van der Waals surface area (Å²) >= 11 is 0. The molecular formula is C18H19FN4O3. The van der Waals surface area contributed by atoms with Crippen molar-refractivity contribution in [3.63, 3.8) is 0 Å². The van der Waals surface area contributed by atoms with Gasteiger partial charge in [0.1, 0.15) is 23.4 Å². The van der Waals surface area contributed by atoms with Crippen molar-refractivity contribution in [1.82, 2.24) is 15.5 Å². The summed E-state index contributed by atoms with van der Waals surface area (Å²) in [6, 6.07) is 6.96. The lowest BCUT2D eigenvalue weighted by Gasteiger charge is -2.25. The number of carbonyl (C=O) groups is 3. The van der Waals surface area contributed by atoms with Crippen molar-refractivity contribution in [2.75, 3.05) is 6.54 Å². The number of rotatable bonds is 5. The molecule has 0 spiro atoms. The summed E-state index contributed by atoms with van der Waals surface area (Å²) in [4.78, 5) is 38.0. The highest BCUT2D eigenvalue weighted by Crippen LogP contribution is 2.39. The molecule has 1 aromatic carbocycles. The molecule has 1 aliphatic heterocycles. The minimum Gasteiger partial charge on any atom is -0.336 e. The average Bonchev–Trinajstić information content (AvgIpc) is 3.41. The first-order chi connectivity index (χ1) is 12.2. The van der Waals surface area contributed by atoms with Crippen LogP contribution in [-0.2, 0) is 15.1 Å². The van der Waals surface area contributed by atoms with Gasteiger partial charge in [-0.25, -0.2) is 9.18 Å². The van der Waals surface area contributed by atoms with Crippen molar-refractivity contribution >= 4 is 17.8 Å². The molecule has 1 aliphatic carbocycles. The molecule has 4 amide bonds. The predicted molar refractivity (Wildman–Crippen MR) is 88.9 cm³/mol. The lowest BCUT2D eigenvalue weighted by atomic mass is 9.91. The first-order valence-electron chi connectivity index (χ1n) is 8.32. The molecule has 0 radical (unpaired) electrons. The SMILES string of the molecule is C[C@@]1(c2ccccc2F)NC(=O)N(CC(=O)N[C@@](C)(C#N)C2CC2)C1=O. The first-order valence-corrected chi connectivity index (χ1v) is 8.32. The molecule has 2 fully saturated rings. The number of hydrogen-bond acceptors (Lipinski definition) is 4. The van der Waals surface area contributed by atoms with Crippen molar-refractivity contribution in [3.05, 3.63) is 35.6 Å². The molecule has 2 aliphatic rings. The summed E-state index contributed by atoms with van der Waals surface area (Å²) in [6.07, 6.45) is 1.69. The van der Waals surface area contributed by atoms with Gasteiger partial charge >= 0.3 is 6.03 Å². The maximum atomic E-state index is 14.1. The zero-order valence-electron chi connectivity index (χ0n) is 14.5. The smallest absolute Gasteiger partial charge is 0.325 e. The van der Waals surface area contributed by atoms with Crippen LogP contribution in [0, 0.1) is 23.1 Å². The van der Waals surface area contributed by atoms with Crippen molar-refractivity contribution in [3.8, 4) is 6.07 Å². The number of carbonyl (C=O) groups excluding carboxylic acids is 3. The molecule has 136 valence electrons. The Morgan fingerprint density at radius 1 is 1.46 bits per heavy atom. The van der Waals surface area contributed by atoms with E-state index in [9.17, 15) is 24.0 Å². The molecule has 0 aromatic heterocycles. The zero-order valence-corrected chi connectivity index (χ0v) is 14.5. The van der Waals surface area contributed by atoms with Crippen LogP contribution in [0.1, 0.15) is 32.3 Å². The second-order valence-corrected chi connectivity index (χ2v) is 7.06. The van der Waals surface area contributed by atoms with Crippen LogP contribution >= 0.6 is 0 Å². The molecule has 2 N–H and O–H groups in total. The number of amides is 4. The van der Waals surface area contributed by atoms with Gasteiger partial charge in [-0.3, -0.25) is 14.5 Å². The molecule has 1 aromatic rings. The van der Waals surface area contributed by atoms with Crippen LogP contribution in [0.5, 0.6) is 0 Å². The van der Waals surface area contributed by atoms with Gasteiger partial charge in [0.2, 0.25) is 5.91 Å². The fraction of sp³-hybridized carbons (Fsp3) is 0.444. The largest absolute Gasteiger partial charge is 0.336 e. The molecule has 2 atom stereocenters.